The summed E-state index contributed by atoms with van der Waals surface area (Å²) in [6.07, 6.45) is 1.04. The summed E-state index contributed by atoms with van der Waals surface area (Å²) in [5.41, 5.74) is 0.00862. The minimum atomic E-state index is -0.892. The lowest BCUT2D eigenvalue weighted by Crippen LogP contribution is -2.25. The predicted molar refractivity (Wildman–Crippen MR) is 127 cm³/mol. The van der Waals surface area contributed by atoms with Crippen LogP contribution in [0.3, 0.4) is 0 Å². The number of carbonyl (C=O) groups excluding carboxylic acids is 1. The van der Waals surface area contributed by atoms with Gasteiger partial charge in [0, 0.05) is 34.7 Å². The molecule has 9 nitrogen and oxygen atoms in total. The fourth-order valence-corrected chi connectivity index (χ4v) is 4.58. The van der Waals surface area contributed by atoms with Crippen molar-refractivity contribution >= 4 is 27.9 Å². The number of esters is 1. The predicted octanol–water partition coefficient (Wildman–Crippen LogP) is 4.12. The molecule has 3 aromatic carbocycles. The molecule has 1 aliphatic heterocycles. The summed E-state index contributed by atoms with van der Waals surface area (Å²) in [5, 5.41) is 30.3. The molecular formula is C27H16O9. The van der Waals surface area contributed by atoms with Gasteiger partial charge < -0.3 is 28.9 Å². The Hall–Kier alpha value is -5.05. The zero-order valence-electron chi connectivity index (χ0n) is 18.3. The number of phenols is 3. The molecule has 9 heteroatoms. The summed E-state index contributed by atoms with van der Waals surface area (Å²) < 4.78 is 17.1. The van der Waals surface area contributed by atoms with Crippen LogP contribution in [-0.4, -0.2) is 21.3 Å². The molecule has 0 saturated carbocycles. The minimum Gasteiger partial charge on any atom is -0.507 e. The number of carbonyl (C=O) groups is 1. The molecule has 3 N–H and O–H groups in total. The number of benzene rings is 3. The SMILES string of the molecule is O=C1CC(c2coc3ccccc3c2=O)c2c(cc(O)c3c(=O)cc(-c4ccc(O)c(O)c4)oc23)O1. The lowest BCUT2D eigenvalue weighted by atomic mass is 9.85. The van der Waals surface area contributed by atoms with Gasteiger partial charge in [-0.15, -0.1) is 0 Å². The minimum absolute atomic E-state index is 0.0248. The third-order valence-corrected chi connectivity index (χ3v) is 6.27. The normalized spacial score (nSPS) is 15.1. The number of hydrogen-bond donors (Lipinski definition) is 3. The first kappa shape index (κ1) is 21.5. The van der Waals surface area contributed by atoms with E-state index in [1.807, 2.05) is 0 Å². The third-order valence-electron chi connectivity index (χ3n) is 6.27. The highest BCUT2D eigenvalue weighted by molar-refractivity contribution is 5.93. The van der Waals surface area contributed by atoms with Crippen LogP contribution in [0.25, 0.3) is 33.3 Å². The van der Waals surface area contributed by atoms with Crippen molar-refractivity contribution in [3.63, 3.8) is 0 Å². The van der Waals surface area contributed by atoms with Crippen LogP contribution in [0.15, 0.2) is 79.3 Å². The van der Waals surface area contributed by atoms with Gasteiger partial charge in [-0.05, 0) is 30.3 Å². The number of aromatic hydroxyl groups is 3. The van der Waals surface area contributed by atoms with E-state index in [2.05, 4.69) is 0 Å². The lowest BCUT2D eigenvalue weighted by Gasteiger charge is -2.25. The molecule has 2 aromatic heterocycles. The van der Waals surface area contributed by atoms with E-state index >= 15 is 0 Å². The van der Waals surface area contributed by atoms with Crippen LogP contribution in [0.1, 0.15) is 23.5 Å². The van der Waals surface area contributed by atoms with Gasteiger partial charge in [-0.1, -0.05) is 12.1 Å². The number of phenolic OH excluding ortho intramolecular Hbond substituents is 3. The van der Waals surface area contributed by atoms with Gasteiger partial charge in [0.15, 0.2) is 22.4 Å². The first-order chi connectivity index (χ1) is 17.3. The van der Waals surface area contributed by atoms with Crippen LogP contribution in [0.2, 0.25) is 0 Å². The number of rotatable bonds is 2. The fourth-order valence-electron chi connectivity index (χ4n) is 4.58. The van der Waals surface area contributed by atoms with Gasteiger partial charge >= 0.3 is 5.97 Å². The fraction of sp³-hybridized carbons (Fsp3) is 0.0741. The molecular weight excluding hydrogens is 468 g/mol. The second-order valence-electron chi connectivity index (χ2n) is 8.44. The summed E-state index contributed by atoms with van der Waals surface area (Å²) >= 11 is 0. The van der Waals surface area contributed by atoms with Crippen LogP contribution in [-0.2, 0) is 4.79 Å². The van der Waals surface area contributed by atoms with Gasteiger partial charge in [0.05, 0.1) is 18.1 Å². The molecule has 0 radical (unpaired) electrons. The quantitative estimate of drug-likeness (QED) is 0.191. The van der Waals surface area contributed by atoms with Crippen molar-refractivity contribution in [1.82, 2.24) is 0 Å². The van der Waals surface area contributed by atoms with Crippen molar-refractivity contribution in [2.75, 3.05) is 0 Å². The van der Waals surface area contributed by atoms with Gasteiger partial charge in [-0.25, -0.2) is 0 Å². The summed E-state index contributed by atoms with van der Waals surface area (Å²) in [6, 6.07) is 12.8. The maximum absolute atomic E-state index is 13.4. The number of ether oxygens (including phenoxy) is 1. The molecule has 0 spiro atoms. The Kier molecular flexibility index (Phi) is 4.62. The molecule has 0 bridgehead atoms. The molecule has 0 amide bonds. The largest absolute Gasteiger partial charge is 0.507 e. The molecule has 1 unspecified atom stereocenters. The molecule has 5 aromatic rings. The van der Waals surface area contributed by atoms with Gasteiger partial charge in [-0.2, -0.15) is 0 Å². The Morgan fingerprint density at radius 1 is 0.861 bits per heavy atom. The standard InChI is InChI=1S/C27H16O9/c28-16-6-5-12(7-17(16)29)21-9-18(30)25-19(31)10-22-24(27(25)36-21)14(8-23(32)35-22)15-11-34-20-4-2-1-3-13(20)26(15)33/h1-7,9-11,14,28-29,31H,8H2. The van der Waals surface area contributed by atoms with Crippen molar-refractivity contribution in [3.8, 4) is 34.3 Å². The van der Waals surface area contributed by atoms with Crippen molar-refractivity contribution in [1.29, 1.82) is 0 Å². The summed E-state index contributed by atoms with van der Waals surface area (Å²) in [5.74, 6) is -2.80. The topological polar surface area (TPSA) is 147 Å². The average Bonchev–Trinajstić information content (AvgIpc) is 2.85. The smallest absolute Gasteiger partial charge is 0.312 e. The zero-order valence-corrected chi connectivity index (χ0v) is 18.3. The van der Waals surface area contributed by atoms with Gasteiger partial charge in [0.25, 0.3) is 0 Å². The monoisotopic (exact) mass is 484 g/mol. The average molecular weight is 484 g/mol. The van der Waals surface area contributed by atoms with Gasteiger partial charge in [-0.3, -0.25) is 14.4 Å². The van der Waals surface area contributed by atoms with Crippen molar-refractivity contribution in [3.05, 3.63) is 92.4 Å². The van der Waals surface area contributed by atoms with E-state index in [4.69, 9.17) is 13.6 Å². The summed E-state index contributed by atoms with van der Waals surface area (Å²) in [7, 11) is 0. The summed E-state index contributed by atoms with van der Waals surface area (Å²) in [6.45, 7) is 0. The highest BCUT2D eigenvalue weighted by atomic mass is 16.5. The van der Waals surface area contributed by atoms with E-state index in [9.17, 15) is 29.7 Å². The third kappa shape index (κ3) is 3.21. The number of para-hydroxylation sites is 1. The Morgan fingerprint density at radius 2 is 1.67 bits per heavy atom. The highest BCUT2D eigenvalue weighted by Crippen LogP contribution is 2.45. The molecule has 1 aliphatic rings. The Labute approximate surface area is 201 Å². The van der Waals surface area contributed by atoms with E-state index in [0.29, 0.717) is 11.0 Å². The van der Waals surface area contributed by atoms with Gasteiger partial charge in [0.2, 0.25) is 0 Å². The van der Waals surface area contributed by atoms with E-state index < -0.39 is 28.8 Å². The van der Waals surface area contributed by atoms with Crippen molar-refractivity contribution < 1.29 is 33.7 Å². The molecule has 6 rings (SSSR count). The van der Waals surface area contributed by atoms with E-state index in [1.54, 1.807) is 24.3 Å². The zero-order chi connectivity index (χ0) is 25.1. The van der Waals surface area contributed by atoms with Gasteiger partial charge in [0.1, 0.15) is 33.8 Å². The lowest BCUT2D eigenvalue weighted by molar-refractivity contribution is -0.135. The van der Waals surface area contributed by atoms with E-state index in [-0.39, 0.29) is 56.8 Å². The van der Waals surface area contributed by atoms with Crippen LogP contribution in [0.4, 0.5) is 0 Å². The molecule has 0 aliphatic carbocycles. The number of hydrogen-bond acceptors (Lipinski definition) is 9. The molecule has 0 saturated heterocycles. The highest BCUT2D eigenvalue weighted by Gasteiger charge is 2.35. The van der Waals surface area contributed by atoms with Crippen LogP contribution < -0.4 is 15.6 Å². The Bertz CT molecular complexity index is 1850. The Morgan fingerprint density at radius 3 is 2.47 bits per heavy atom. The second-order valence-corrected chi connectivity index (χ2v) is 8.44. The second kappa shape index (κ2) is 7.74. The Balaban J connectivity index is 1.67. The molecule has 0 fully saturated rings. The number of fused-ring (bicyclic) bond motifs is 4. The summed E-state index contributed by atoms with van der Waals surface area (Å²) in [4.78, 5) is 38.9. The van der Waals surface area contributed by atoms with Crippen LogP contribution in [0.5, 0.6) is 23.0 Å². The molecule has 3 heterocycles. The van der Waals surface area contributed by atoms with Crippen LogP contribution in [0, 0.1) is 0 Å². The van der Waals surface area contributed by atoms with Crippen LogP contribution >= 0.6 is 0 Å². The molecule has 1 atom stereocenters. The molecule has 178 valence electrons. The van der Waals surface area contributed by atoms with Crippen molar-refractivity contribution in [2.45, 2.75) is 12.3 Å². The van der Waals surface area contributed by atoms with Crippen molar-refractivity contribution in [2.24, 2.45) is 0 Å². The first-order valence-corrected chi connectivity index (χ1v) is 10.9. The molecule has 36 heavy (non-hydrogen) atoms. The maximum atomic E-state index is 13.4. The van der Waals surface area contributed by atoms with E-state index in [0.717, 1.165) is 12.1 Å². The van der Waals surface area contributed by atoms with E-state index in [1.165, 1.54) is 24.5 Å². The first-order valence-electron chi connectivity index (χ1n) is 10.9. The maximum Gasteiger partial charge on any atom is 0.312 e.